The van der Waals surface area contributed by atoms with E-state index in [2.05, 4.69) is 4.18 Å². The van der Waals surface area contributed by atoms with Crippen LogP contribution in [0.2, 0.25) is 5.02 Å². The third-order valence-corrected chi connectivity index (χ3v) is 2.47. The Balaban J connectivity index is 2.65. The first-order chi connectivity index (χ1) is 6.88. The molecule has 15 heavy (non-hydrogen) atoms. The zero-order chi connectivity index (χ0) is 11.5. The van der Waals surface area contributed by atoms with Crippen molar-refractivity contribution < 1.29 is 17.7 Å². The van der Waals surface area contributed by atoms with Gasteiger partial charge < -0.3 is 5.11 Å². The summed E-state index contributed by atoms with van der Waals surface area (Å²) in [5, 5.41) is 10.0. The number of hydrogen-bond donors (Lipinski definition) is 1. The molecule has 0 heterocycles. The van der Waals surface area contributed by atoms with Gasteiger partial charge in [-0.25, -0.2) is 0 Å². The lowest BCUT2D eigenvalue weighted by Gasteiger charge is -2.10. The normalized spacial score (nSPS) is 13.8. The topological polar surface area (TPSA) is 63.6 Å². The monoisotopic (exact) mass is 250 g/mol. The van der Waals surface area contributed by atoms with Gasteiger partial charge >= 0.3 is 0 Å². The van der Waals surface area contributed by atoms with E-state index in [1.165, 1.54) is 0 Å². The first-order valence-corrected chi connectivity index (χ1v) is 6.36. The molecular weight excluding hydrogens is 240 g/mol. The average molecular weight is 251 g/mol. The number of benzene rings is 1. The van der Waals surface area contributed by atoms with Gasteiger partial charge in [0.1, 0.15) is 6.10 Å². The van der Waals surface area contributed by atoms with Gasteiger partial charge in [-0.15, -0.1) is 0 Å². The predicted molar refractivity (Wildman–Crippen MR) is 57.2 cm³/mol. The van der Waals surface area contributed by atoms with Crippen molar-refractivity contribution in [2.45, 2.75) is 6.10 Å². The second kappa shape index (κ2) is 4.94. The van der Waals surface area contributed by atoms with Crippen molar-refractivity contribution in [1.82, 2.24) is 0 Å². The third-order valence-electron chi connectivity index (χ3n) is 1.67. The van der Waals surface area contributed by atoms with Crippen LogP contribution in [0, 0.1) is 0 Å². The first kappa shape index (κ1) is 12.4. The molecule has 0 radical (unpaired) electrons. The van der Waals surface area contributed by atoms with Gasteiger partial charge in [0.05, 0.1) is 12.9 Å². The van der Waals surface area contributed by atoms with E-state index >= 15 is 0 Å². The number of aliphatic hydroxyl groups is 1. The molecule has 1 atom stereocenters. The lowest BCUT2D eigenvalue weighted by Crippen LogP contribution is -2.11. The molecule has 0 aliphatic heterocycles. The molecule has 1 rings (SSSR count). The molecule has 0 aliphatic rings. The van der Waals surface area contributed by atoms with Crippen LogP contribution in [0.5, 0.6) is 0 Å². The second-order valence-corrected chi connectivity index (χ2v) is 5.14. The van der Waals surface area contributed by atoms with Crippen LogP contribution in [0.25, 0.3) is 0 Å². The maximum absolute atomic E-state index is 10.7. The van der Waals surface area contributed by atoms with Crippen LogP contribution in [-0.2, 0) is 14.3 Å². The Kier molecular flexibility index (Phi) is 4.10. The summed E-state index contributed by atoms with van der Waals surface area (Å²) in [6, 6.07) is 6.52. The van der Waals surface area contributed by atoms with Crippen LogP contribution in [0.3, 0.4) is 0 Å². The molecule has 0 bridgehead atoms. The predicted octanol–water partition coefficient (Wildman–Crippen LogP) is 1.35. The fourth-order valence-corrected chi connectivity index (χ4v) is 1.57. The van der Waals surface area contributed by atoms with Gasteiger partial charge in [0.25, 0.3) is 10.1 Å². The molecule has 0 aliphatic carbocycles. The number of rotatable bonds is 4. The fraction of sp³-hybridized carbons (Fsp3) is 0.333. The lowest BCUT2D eigenvalue weighted by atomic mass is 10.1. The van der Waals surface area contributed by atoms with Gasteiger partial charge in [-0.1, -0.05) is 23.7 Å². The summed E-state index contributed by atoms with van der Waals surface area (Å²) >= 11 is 5.71. The van der Waals surface area contributed by atoms with Crippen molar-refractivity contribution >= 4 is 21.7 Å². The van der Waals surface area contributed by atoms with E-state index in [1.807, 2.05) is 0 Å². The third kappa shape index (κ3) is 4.61. The summed E-state index contributed by atoms with van der Waals surface area (Å²) in [6.45, 7) is -0.306. The van der Waals surface area contributed by atoms with Crippen LogP contribution in [0.15, 0.2) is 24.3 Å². The van der Waals surface area contributed by atoms with E-state index in [0.717, 1.165) is 6.26 Å². The Bertz CT molecular complexity index is 429. The van der Waals surface area contributed by atoms with Gasteiger partial charge in [-0.2, -0.15) is 8.42 Å². The highest BCUT2D eigenvalue weighted by molar-refractivity contribution is 7.85. The van der Waals surface area contributed by atoms with Crippen molar-refractivity contribution in [3.05, 3.63) is 34.9 Å². The molecule has 4 nitrogen and oxygen atoms in total. The molecule has 1 unspecified atom stereocenters. The van der Waals surface area contributed by atoms with Crippen molar-refractivity contribution in [3.63, 3.8) is 0 Å². The van der Waals surface area contributed by atoms with Crippen molar-refractivity contribution in [3.8, 4) is 0 Å². The van der Waals surface area contributed by atoms with Gasteiger partial charge in [-0.05, 0) is 17.7 Å². The number of aliphatic hydroxyl groups excluding tert-OH is 1. The summed E-state index contributed by atoms with van der Waals surface area (Å²) in [5.41, 5.74) is 0.520. The molecule has 0 saturated heterocycles. The average Bonchev–Trinajstić information content (AvgIpc) is 2.13. The number of halogens is 1. The second-order valence-electron chi connectivity index (χ2n) is 3.06. The highest BCUT2D eigenvalue weighted by Gasteiger charge is 2.11. The van der Waals surface area contributed by atoms with Gasteiger partial charge in [0, 0.05) is 5.02 Å². The van der Waals surface area contributed by atoms with Crippen LogP contribution in [-0.4, -0.2) is 26.4 Å². The molecule has 1 aromatic carbocycles. The van der Waals surface area contributed by atoms with E-state index in [9.17, 15) is 13.5 Å². The molecule has 0 fully saturated rings. The molecule has 6 heteroatoms. The quantitative estimate of drug-likeness (QED) is 0.820. The maximum Gasteiger partial charge on any atom is 0.264 e. The van der Waals surface area contributed by atoms with Crippen LogP contribution < -0.4 is 0 Å². The molecule has 0 aromatic heterocycles. The minimum Gasteiger partial charge on any atom is -0.386 e. The summed E-state index contributed by atoms with van der Waals surface area (Å²) in [5.74, 6) is 0. The van der Waals surface area contributed by atoms with Crippen molar-refractivity contribution in [2.75, 3.05) is 12.9 Å². The first-order valence-electron chi connectivity index (χ1n) is 4.16. The van der Waals surface area contributed by atoms with Crippen LogP contribution >= 0.6 is 11.6 Å². The molecule has 84 valence electrons. The van der Waals surface area contributed by atoms with Gasteiger partial charge in [0.2, 0.25) is 0 Å². The largest absolute Gasteiger partial charge is 0.386 e. The Morgan fingerprint density at radius 3 is 2.73 bits per heavy atom. The highest BCUT2D eigenvalue weighted by Crippen LogP contribution is 2.18. The maximum atomic E-state index is 10.7. The Morgan fingerprint density at radius 2 is 2.20 bits per heavy atom. The minimum atomic E-state index is -3.53. The molecule has 0 saturated carbocycles. The van der Waals surface area contributed by atoms with Crippen molar-refractivity contribution in [1.29, 1.82) is 0 Å². The zero-order valence-corrected chi connectivity index (χ0v) is 9.62. The highest BCUT2D eigenvalue weighted by atomic mass is 35.5. The smallest absolute Gasteiger partial charge is 0.264 e. The molecule has 1 aromatic rings. The lowest BCUT2D eigenvalue weighted by molar-refractivity contribution is 0.112. The minimum absolute atomic E-state index is 0.306. The Labute approximate surface area is 93.6 Å². The van der Waals surface area contributed by atoms with E-state index in [-0.39, 0.29) is 6.61 Å². The van der Waals surface area contributed by atoms with E-state index in [0.29, 0.717) is 10.6 Å². The zero-order valence-electron chi connectivity index (χ0n) is 8.05. The van der Waals surface area contributed by atoms with E-state index in [4.69, 9.17) is 11.6 Å². The molecule has 0 spiro atoms. The fourth-order valence-electron chi connectivity index (χ4n) is 0.998. The van der Waals surface area contributed by atoms with E-state index in [1.54, 1.807) is 24.3 Å². The van der Waals surface area contributed by atoms with Crippen LogP contribution in [0.1, 0.15) is 11.7 Å². The SMILES string of the molecule is CS(=O)(=O)OCC(O)c1cccc(Cl)c1. The molecular formula is C9H11ClO4S. The Hall–Kier alpha value is -0.620. The Morgan fingerprint density at radius 1 is 1.53 bits per heavy atom. The summed E-state index contributed by atoms with van der Waals surface area (Å²) < 4.78 is 25.8. The summed E-state index contributed by atoms with van der Waals surface area (Å²) in [4.78, 5) is 0. The van der Waals surface area contributed by atoms with E-state index < -0.39 is 16.2 Å². The van der Waals surface area contributed by atoms with Gasteiger partial charge in [-0.3, -0.25) is 4.18 Å². The van der Waals surface area contributed by atoms with Crippen LogP contribution in [0.4, 0.5) is 0 Å². The molecule has 0 amide bonds. The molecule has 1 N–H and O–H groups in total. The van der Waals surface area contributed by atoms with Gasteiger partial charge in [0.15, 0.2) is 0 Å². The summed E-state index contributed by atoms with van der Waals surface area (Å²) in [7, 11) is -3.53. The standard InChI is InChI=1S/C9H11ClO4S/c1-15(12,13)14-6-9(11)7-3-2-4-8(10)5-7/h2-5,9,11H,6H2,1H3. The summed E-state index contributed by atoms with van der Waals surface area (Å²) in [6.07, 6.45) is -0.0732. The van der Waals surface area contributed by atoms with Crippen molar-refractivity contribution in [2.24, 2.45) is 0 Å². The number of hydrogen-bond acceptors (Lipinski definition) is 4.